The minimum absolute atomic E-state index is 0.00449. The van der Waals surface area contributed by atoms with Gasteiger partial charge in [0.1, 0.15) is 0 Å². The highest BCUT2D eigenvalue weighted by atomic mass is 19.4. The predicted octanol–water partition coefficient (Wildman–Crippen LogP) is 3.41. The van der Waals surface area contributed by atoms with Gasteiger partial charge in [0.05, 0.1) is 22.6 Å². The number of hydrogen-bond acceptors (Lipinski definition) is 2. The zero-order valence-electron chi connectivity index (χ0n) is 12.3. The first-order chi connectivity index (χ1) is 10.7. The average molecular weight is 321 g/mol. The van der Waals surface area contributed by atoms with Crippen LogP contribution in [0.2, 0.25) is 0 Å². The summed E-state index contributed by atoms with van der Waals surface area (Å²) in [5, 5.41) is 0. The van der Waals surface area contributed by atoms with E-state index in [-0.39, 0.29) is 29.3 Å². The third kappa shape index (κ3) is 1.72. The normalized spacial score (nSPS) is 35.3. The van der Waals surface area contributed by atoms with Gasteiger partial charge in [-0.15, -0.1) is 0 Å². The van der Waals surface area contributed by atoms with E-state index in [0.717, 1.165) is 23.5 Å². The van der Waals surface area contributed by atoms with Gasteiger partial charge in [-0.1, -0.05) is 18.2 Å². The summed E-state index contributed by atoms with van der Waals surface area (Å²) in [6.07, 6.45) is 0.178. The molecule has 2 fully saturated rings. The summed E-state index contributed by atoms with van der Waals surface area (Å²) in [5.74, 6) is -1.22. The Bertz CT molecular complexity index is 754. The van der Waals surface area contributed by atoms with Gasteiger partial charge in [0.2, 0.25) is 11.8 Å². The van der Waals surface area contributed by atoms with Crippen molar-refractivity contribution >= 4 is 17.5 Å². The first-order valence-corrected chi connectivity index (χ1v) is 7.48. The molecule has 1 saturated carbocycles. The van der Waals surface area contributed by atoms with E-state index in [1.165, 1.54) is 12.1 Å². The zero-order chi connectivity index (χ0) is 16.6. The van der Waals surface area contributed by atoms with Crippen molar-refractivity contribution in [3.8, 4) is 0 Å². The summed E-state index contributed by atoms with van der Waals surface area (Å²) in [4.78, 5) is 26.6. The van der Waals surface area contributed by atoms with Crippen molar-refractivity contribution in [2.45, 2.75) is 19.5 Å². The third-order valence-corrected chi connectivity index (χ3v) is 5.54. The lowest BCUT2D eigenvalue weighted by Crippen LogP contribution is -2.37. The number of benzene rings is 1. The van der Waals surface area contributed by atoms with Crippen LogP contribution in [0.4, 0.5) is 18.9 Å². The maximum atomic E-state index is 12.9. The van der Waals surface area contributed by atoms with Crippen LogP contribution in [-0.4, -0.2) is 11.8 Å². The van der Waals surface area contributed by atoms with E-state index in [1.807, 2.05) is 12.2 Å². The maximum absolute atomic E-state index is 12.9. The first kappa shape index (κ1) is 14.5. The lowest BCUT2D eigenvalue weighted by Gasteiger charge is -2.28. The van der Waals surface area contributed by atoms with Crippen molar-refractivity contribution in [3.63, 3.8) is 0 Å². The quantitative estimate of drug-likeness (QED) is 0.587. The van der Waals surface area contributed by atoms with Gasteiger partial charge in [-0.3, -0.25) is 9.59 Å². The van der Waals surface area contributed by atoms with Crippen molar-refractivity contribution in [2.24, 2.45) is 23.2 Å². The van der Waals surface area contributed by atoms with Gasteiger partial charge in [-0.05, 0) is 43.4 Å². The summed E-state index contributed by atoms with van der Waals surface area (Å²) in [6, 6.07) is 4.41. The van der Waals surface area contributed by atoms with E-state index in [0.29, 0.717) is 0 Å². The van der Waals surface area contributed by atoms with Gasteiger partial charge < -0.3 is 0 Å². The first-order valence-electron chi connectivity index (χ1n) is 7.48. The fourth-order valence-electron chi connectivity index (χ4n) is 4.37. The second-order valence-corrected chi connectivity index (χ2v) is 6.68. The molecule has 120 valence electrons. The molecule has 6 heteroatoms. The zero-order valence-corrected chi connectivity index (χ0v) is 12.3. The summed E-state index contributed by atoms with van der Waals surface area (Å²) < 4.78 is 38.7. The van der Waals surface area contributed by atoms with Gasteiger partial charge in [0.15, 0.2) is 0 Å². The van der Waals surface area contributed by atoms with Gasteiger partial charge in [0, 0.05) is 0 Å². The van der Waals surface area contributed by atoms with E-state index >= 15 is 0 Å². The molecule has 1 aromatic carbocycles. The smallest absolute Gasteiger partial charge is 0.274 e. The molecular weight excluding hydrogens is 307 g/mol. The molecule has 2 aliphatic carbocycles. The Morgan fingerprint density at radius 2 is 1.96 bits per heavy atom. The number of carbonyl (C=O) groups excluding carboxylic acids is 2. The van der Waals surface area contributed by atoms with E-state index in [1.54, 1.807) is 6.92 Å². The molecule has 0 spiro atoms. The number of alkyl halides is 3. The monoisotopic (exact) mass is 321 g/mol. The maximum Gasteiger partial charge on any atom is 0.416 e. The van der Waals surface area contributed by atoms with Crippen LogP contribution in [0, 0.1) is 23.2 Å². The van der Waals surface area contributed by atoms with Crippen molar-refractivity contribution in [3.05, 3.63) is 42.0 Å². The van der Waals surface area contributed by atoms with Crippen LogP contribution < -0.4 is 4.90 Å². The lowest BCUT2D eigenvalue weighted by molar-refractivity contribution is -0.137. The number of rotatable bonds is 1. The van der Waals surface area contributed by atoms with Crippen LogP contribution in [0.3, 0.4) is 0 Å². The lowest BCUT2D eigenvalue weighted by atomic mass is 9.71. The molecule has 4 rings (SSSR count). The number of carbonyl (C=O) groups is 2. The summed E-state index contributed by atoms with van der Waals surface area (Å²) >= 11 is 0. The Morgan fingerprint density at radius 1 is 1.22 bits per heavy atom. The van der Waals surface area contributed by atoms with Crippen LogP contribution in [0.5, 0.6) is 0 Å². The SMILES string of the molecule is C[C@]12C(=O)N(c3cccc(C(F)(F)F)c3)C(=O)[C@H]1[C@H]1C=C[C@H]2C1. The fraction of sp³-hybridized carbons (Fsp3) is 0.412. The average Bonchev–Trinajstić information content (AvgIpc) is 3.11. The van der Waals surface area contributed by atoms with Gasteiger partial charge in [0.25, 0.3) is 0 Å². The van der Waals surface area contributed by atoms with Crippen molar-refractivity contribution in [1.29, 1.82) is 0 Å². The molecule has 0 aromatic heterocycles. The number of nitrogens with zero attached hydrogens (tertiary/aromatic N) is 1. The topological polar surface area (TPSA) is 37.4 Å². The molecule has 4 atom stereocenters. The molecular formula is C17H14F3NO2. The Morgan fingerprint density at radius 3 is 2.61 bits per heavy atom. The number of halogens is 3. The van der Waals surface area contributed by atoms with Crippen LogP contribution in [0.15, 0.2) is 36.4 Å². The minimum Gasteiger partial charge on any atom is -0.274 e. The van der Waals surface area contributed by atoms with Crippen LogP contribution >= 0.6 is 0 Å². The highest BCUT2D eigenvalue weighted by Gasteiger charge is 2.67. The molecule has 2 bridgehead atoms. The van der Waals surface area contributed by atoms with Crippen molar-refractivity contribution < 1.29 is 22.8 Å². The van der Waals surface area contributed by atoms with Crippen LogP contribution in [-0.2, 0) is 15.8 Å². The predicted molar refractivity (Wildman–Crippen MR) is 76.3 cm³/mol. The molecule has 0 radical (unpaired) electrons. The molecule has 3 aliphatic rings. The number of hydrogen-bond donors (Lipinski definition) is 0. The molecule has 0 N–H and O–H groups in total. The number of imide groups is 1. The second-order valence-electron chi connectivity index (χ2n) is 6.68. The largest absolute Gasteiger partial charge is 0.416 e. The second kappa shape index (κ2) is 4.24. The fourth-order valence-corrected chi connectivity index (χ4v) is 4.37. The Kier molecular flexibility index (Phi) is 2.67. The van der Waals surface area contributed by atoms with Crippen LogP contribution in [0.25, 0.3) is 0 Å². The van der Waals surface area contributed by atoms with Gasteiger partial charge in [-0.25, -0.2) is 4.90 Å². The van der Waals surface area contributed by atoms with E-state index in [2.05, 4.69) is 0 Å². The van der Waals surface area contributed by atoms with Crippen molar-refractivity contribution in [1.82, 2.24) is 0 Å². The summed E-state index contributed by atoms with van der Waals surface area (Å²) in [7, 11) is 0. The van der Waals surface area contributed by atoms with Crippen molar-refractivity contribution in [2.75, 3.05) is 4.90 Å². The summed E-state index contributed by atoms with van der Waals surface area (Å²) in [6.45, 7) is 1.76. The van der Waals surface area contributed by atoms with Gasteiger partial charge >= 0.3 is 6.18 Å². The third-order valence-electron chi connectivity index (χ3n) is 5.54. The molecule has 1 saturated heterocycles. The Balaban J connectivity index is 1.78. The summed E-state index contributed by atoms with van der Waals surface area (Å²) in [5.41, 5.74) is -1.69. The molecule has 23 heavy (non-hydrogen) atoms. The van der Waals surface area contributed by atoms with Gasteiger partial charge in [-0.2, -0.15) is 13.2 Å². The molecule has 1 aromatic rings. The molecule has 1 aliphatic heterocycles. The number of amides is 2. The Labute approximate surface area is 130 Å². The highest BCUT2D eigenvalue weighted by molar-refractivity contribution is 6.24. The van der Waals surface area contributed by atoms with Crippen LogP contribution in [0.1, 0.15) is 18.9 Å². The Hall–Kier alpha value is -2.11. The molecule has 0 unspecified atom stereocenters. The minimum atomic E-state index is -4.51. The molecule has 2 amide bonds. The van der Waals surface area contributed by atoms with E-state index in [9.17, 15) is 22.8 Å². The number of fused-ring (bicyclic) bond motifs is 5. The highest BCUT2D eigenvalue weighted by Crippen LogP contribution is 2.60. The molecule has 3 nitrogen and oxygen atoms in total. The van der Waals surface area contributed by atoms with E-state index in [4.69, 9.17) is 0 Å². The number of allylic oxidation sites excluding steroid dienone is 2. The van der Waals surface area contributed by atoms with E-state index < -0.39 is 23.1 Å². The standard InChI is InChI=1S/C17H14F3NO2/c1-16-10-6-5-9(7-10)13(16)14(22)21(15(16)23)12-4-2-3-11(8-12)17(18,19)20/h2-6,8-10,13H,7H2,1H3/t9-,10-,13+,16+/m0/s1. The molecule has 1 heterocycles. The number of anilines is 1.